The van der Waals surface area contributed by atoms with Crippen molar-refractivity contribution in [3.05, 3.63) is 71.3 Å². The van der Waals surface area contributed by atoms with E-state index in [0.717, 1.165) is 22.9 Å². The molecule has 0 amide bonds. The molecule has 124 valence electrons. The third-order valence-electron chi connectivity index (χ3n) is 3.52. The molecule has 5 heteroatoms. The molecule has 2 aromatic rings. The summed E-state index contributed by atoms with van der Waals surface area (Å²) in [5.41, 5.74) is 3.05. The largest absolute Gasteiger partial charge is 0.390 e. The second kappa shape index (κ2) is 7.73. The maximum absolute atomic E-state index is 11.3. The van der Waals surface area contributed by atoms with Gasteiger partial charge < -0.3 is 9.84 Å². The first-order valence-electron chi connectivity index (χ1n) is 7.44. The van der Waals surface area contributed by atoms with Crippen LogP contribution in [-0.4, -0.2) is 38.2 Å². The minimum absolute atomic E-state index is 0.0407. The van der Waals surface area contributed by atoms with Crippen molar-refractivity contribution in [2.75, 3.05) is 18.6 Å². The highest BCUT2D eigenvalue weighted by atomic mass is 32.2. The Bertz CT molecular complexity index is 726. The fourth-order valence-electron chi connectivity index (χ4n) is 2.48. The third kappa shape index (κ3) is 5.46. The average molecular weight is 334 g/mol. The number of sulfone groups is 1. The van der Waals surface area contributed by atoms with Gasteiger partial charge in [0.1, 0.15) is 15.9 Å². The molecule has 0 saturated carbocycles. The highest BCUT2D eigenvalue weighted by molar-refractivity contribution is 7.90. The lowest BCUT2D eigenvalue weighted by atomic mass is 9.97. The van der Waals surface area contributed by atoms with E-state index in [-0.39, 0.29) is 18.5 Å². The van der Waals surface area contributed by atoms with Gasteiger partial charge in [0.2, 0.25) is 0 Å². The lowest BCUT2D eigenvalue weighted by molar-refractivity contribution is 0.0147. The molecule has 0 heterocycles. The maximum atomic E-state index is 11.3. The van der Waals surface area contributed by atoms with Crippen molar-refractivity contribution in [2.24, 2.45) is 0 Å². The molecule has 0 spiro atoms. The van der Waals surface area contributed by atoms with E-state index in [1.54, 1.807) is 0 Å². The molecule has 2 rings (SSSR count). The van der Waals surface area contributed by atoms with Crippen molar-refractivity contribution in [3.63, 3.8) is 0 Å². The number of hydrogen-bond donors (Lipinski definition) is 1. The summed E-state index contributed by atoms with van der Waals surface area (Å²) >= 11 is 0. The monoisotopic (exact) mass is 334 g/mol. The molecule has 0 radical (unpaired) electrons. The molecule has 0 aliphatic heterocycles. The molecule has 0 aromatic heterocycles. The second-order valence-electron chi connectivity index (χ2n) is 5.73. The van der Waals surface area contributed by atoms with Crippen molar-refractivity contribution in [1.82, 2.24) is 0 Å². The molecular formula is C18H22O4S. The highest BCUT2D eigenvalue weighted by Crippen LogP contribution is 2.28. The zero-order valence-electron chi connectivity index (χ0n) is 13.3. The van der Waals surface area contributed by atoms with Crippen LogP contribution in [0.25, 0.3) is 0 Å². The summed E-state index contributed by atoms with van der Waals surface area (Å²) in [5, 5.41) is 9.89. The topological polar surface area (TPSA) is 63.6 Å². The first-order valence-corrected chi connectivity index (χ1v) is 9.51. The zero-order valence-corrected chi connectivity index (χ0v) is 14.2. The van der Waals surface area contributed by atoms with Gasteiger partial charge >= 0.3 is 0 Å². The summed E-state index contributed by atoms with van der Waals surface area (Å²) < 4.78 is 28.4. The van der Waals surface area contributed by atoms with Gasteiger partial charge in [-0.15, -0.1) is 0 Å². The predicted octanol–water partition coefficient (Wildman–Crippen LogP) is 2.51. The van der Waals surface area contributed by atoms with Crippen LogP contribution >= 0.6 is 0 Å². The van der Waals surface area contributed by atoms with Gasteiger partial charge in [-0.1, -0.05) is 54.6 Å². The van der Waals surface area contributed by atoms with E-state index in [4.69, 9.17) is 4.74 Å². The highest BCUT2D eigenvalue weighted by Gasteiger charge is 2.20. The quantitative estimate of drug-likeness (QED) is 0.845. The number of aryl methyl sites for hydroxylation is 1. The summed E-state index contributed by atoms with van der Waals surface area (Å²) in [4.78, 5) is 0. The normalized spacial score (nSPS) is 14.4. The fraction of sp³-hybridized carbons (Fsp3) is 0.333. The maximum Gasteiger partial charge on any atom is 0.150 e. The zero-order chi connectivity index (χ0) is 16.9. The SMILES string of the molecule is Cc1ccccc1C(OCC(O)CS(C)(=O)=O)c1ccccc1. The minimum atomic E-state index is -3.24. The standard InChI is InChI=1S/C18H22O4S/c1-14-8-6-7-11-17(14)18(15-9-4-3-5-10-15)22-12-16(19)13-23(2,20)21/h3-11,16,18-19H,12-13H2,1-2H3. The smallest absolute Gasteiger partial charge is 0.150 e. The van der Waals surface area contributed by atoms with E-state index in [9.17, 15) is 13.5 Å². The molecule has 1 N–H and O–H groups in total. The molecular weight excluding hydrogens is 312 g/mol. The molecule has 23 heavy (non-hydrogen) atoms. The number of hydrogen-bond acceptors (Lipinski definition) is 4. The summed E-state index contributed by atoms with van der Waals surface area (Å²) in [5.74, 6) is -0.303. The molecule has 4 nitrogen and oxygen atoms in total. The fourth-order valence-corrected chi connectivity index (χ4v) is 3.27. The summed E-state index contributed by atoms with van der Waals surface area (Å²) in [6, 6.07) is 17.6. The van der Waals surface area contributed by atoms with Crippen molar-refractivity contribution < 1.29 is 18.3 Å². The Balaban J connectivity index is 2.20. The van der Waals surface area contributed by atoms with E-state index in [0.29, 0.717) is 0 Å². The van der Waals surface area contributed by atoms with Crippen LogP contribution in [0.4, 0.5) is 0 Å². The van der Waals surface area contributed by atoms with Crippen LogP contribution in [0, 0.1) is 6.92 Å². The number of benzene rings is 2. The van der Waals surface area contributed by atoms with Gasteiger partial charge in [-0.25, -0.2) is 8.42 Å². The Hall–Kier alpha value is -1.69. The van der Waals surface area contributed by atoms with Crippen LogP contribution in [0.15, 0.2) is 54.6 Å². The molecule has 0 bridgehead atoms. The van der Waals surface area contributed by atoms with Crippen LogP contribution in [0.2, 0.25) is 0 Å². The Morgan fingerprint density at radius 2 is 1.65 bits per heavy atom. The summed E-state index contributed by atoms with van der Waals surface area (Å²) in [6.07, 6.45) is -0.279. The van der Waals surface area contributed by atoms with Crippen LogP contribution in [0.1, 0.15) is 22.8 Å². The Morgan fingerprint density at radius 1 is 1.04 bits per heavy atom. The van der Waals surface area contributed by atoms with Crippen LogP contribution < -0.4 is 0 Å². The third-order valence-corrected chi connectivity index (χ3v) is 4.51. The Labute approximate surface area is 137 Å². The van der Waals surface area contributed by atoms with Crippen molar-refractivity contribution in [1.29, 1.82) is 0 Å². The molecule has 0 saturated heterocycles. The van der Waals surface area contributed by atoms with Gasteiger partial charge in [0.05, 0.1) is 18.5 Å². The van der Waals surface area contributed by atoms with E-state index in [1.807, 2.05) is 61.5 Å². The van der Waals surface area contributed by atoms with Gasteiger partial charge in [0.15, 0.2) is 0 Å². The van der Waals surface area contributed by atoms with E-state index in [1.165, 1.54) is 0 Å². The van der Waals surface area contributed by atoms with E-state index in [2.05, 4.69) is 0 Å². The summed E-state index contributed by atoms with van der Waals surface area (Å²) in [6.45, 7) is 1.96. The number of aliphatic hydroxyl groups is 1. The van der Waals surface area contributed by atoms with Gasteiger partial charge in [0.25, 0.3) is 0 Å². The lowest BCUT2D eigenvalue weighted by Crippen LogP contribution is -2.26. The molecule has 0 aliphatic carbocycles. The summed E-state index contributed by atoms with van der Waals surface area (Å²) in [7, 11) is -3.24. The molecule has 0 fully saturated rings. The van der Waals surface area contributed by atoms with E-state index >= 15 is 0 Å². The van der Waals surface area contributed by atoms with Gasteiger partial charge in [-0.2, -0.15) is 0 Å². The van der Waals surface area contributed by atoms with Crippen LogP contribution in [-0.2, 0) is 14.6 Å². The number of aliphatic hydroxyl groups excluding tert-OH is 1. The molecule has 2 unspecified atom stereocenters. The predicted molar refractivity (Wildman–Crippen MR) is 91.1 cm³/mol. The minimum Gasteiger partial charge on any atom is -0.390 e. The molecule has 2 aromatic carbocycles. The van der Waals surface area contributed by atoms with E-state index < -0.39 is 15.9 Å². The lowest BCUT2D eigenvalue weighted by Gasteiger charge is -2.22. The molecule has 0 aliphatic rings. The second-order valence-corrected chi connectivity index (χ2v) is 7.91. The first kappa shape index (κ1) is 17.7. The Kier molecular flexibility index (Phi) is 5.93. The van der Waals surface area contributed by atoms with Crippen molar-refractivity contribution in [3.8, 4) is 0 Å². The Morgan fingerprint density at radius 3 is 2.26 bits per heavy atom. The van der Waals surface area contributed by atoms with Crippen molar-refractivity contribution >= 4 is 9.84 Å². The van der Waals surface area contributed by atoms with Crippen LogP contribution in [0.5, 0.6) is 0 Å². The van der Waals surface area contributed by atoms with Crippen LogP contribution in [0.3, 0.4) is 0 Å². The van der Waals surface area contributed by atoms with Gasteiger partial charge in [0, 0.05) is 6.26 Å². The van der Waals surface area contributed by atoms with Crippen molar-refractivity contribution in [2.45, 2.75) is 19.1 Å². The molecule has 2 atom stereocenters. The number of ether oxygens (including phenoxy) is 1. The first-order chi connectivity index (χ1) is 10.9. The number of rotatable bonds is 7. The van der Waals surface area contributed by atoms with Gasteiger partial charge in [-0.3, -0.25) is 0 Å². The van der Waals surface area contributed by atoms with Gasteiger partial charge in [-0.05, 0) is 23.6 Å². The average Bonchev–Trinajstić information content (AvgIpc) is 2.48.